The summed E-state index contributed by atoms with van der Waals surface area (Å²) in [7, 11) is 0. The van der Waals surface area contributed by atoms with Crippen LogP contribution in [0.15, 0.2) is 65.1 Å². The molecule has 3 nitrogen and oxygen atoms in total. The zero-order valence-electron chi connectivity index (χ0n) is 11.1. The molecule has 2 aromatic rings. The SMILES string of the molecule is O=C1C(=O)c2ccccc2C(O)=C1CSc1ccccc1. The van der Waals surface area contributed by atoms with Gasteiger partial charge in [0.25, 0.3) is 0 Å². The zero-order valence-corrected chi connectivity index (χ0v) is 11.9. The van der Waals surface area contributed by atoms with Crippen LogP contribution >= 0.6 is 11.8 Å². The van der Waals surface area contributed by atoms with E-state index < -0.39 is 11.6 Å². The van der Waals surface area contributed by atoms with E-state index in [1.807, 2.05) is 30.3 Å². The van der Waals surface area contributed by atoms with Gasteiger partial charge in [-0.25, -0.2) is 0 Å². The summed E-state index contributed by atoms with van der Waals surface area (Å²) in [6, 6.07) is 16.2. The van der Waals surface area contributed by atoms with Gasteiger partial charge in [-0.15, -0.1) is 11.8 Å². The van der Waals surface area contributed by atoms with Crippen molar-refractivity contribution in [3.05, 3.63) is 71.3 Å². The minimum absolute atomic E-state index is 0.0846. The molecule has 0 aromatic heterocycles. The summed E-state index contributed by atoms with van der Waals surface area (Å²) in [5, 5.41) is 10.3. The molecule has 0 aliphatic heterocycles. The average molecular weight is 296 g/mol. The predicted octanol–water partition coefficient (Wildman–Crippen LogP) is 3.51. The average Bonchev–Trinajstić information content (AvgIpc) is 2.54. The fourth-order valence-corrected chi connectivity index (χ4v) is 3.15. The maximum atomic E-state index is 12.1. The quantitative estimate of drug-likeness (QED) is 0.695. The Hall–Kier alpha value is -2.33. The molecule has 1 aliphatic rings. The van der Waals surface area contributed by atoms with Crippen molar-refractivity contribution in [2.45, 2.75) is 4.90 Å². The van der Waals surface area contributed by atoms with Crippen molar-refractivity contribution in [2.24, 2.45) is 0 Å². The van der Waals surface area contributed by atoms with E-state index in [1.54, 1.807) is 24.3 Å². The molecule has 0 unspecified atom stereocenters. The van der Waals surface area contributed by atoms with Crippen LogP contribution < -0.4 is 0 Å². The molecule has 0 saturated heterocycles. The molecule has 1 aliphatic carbocycles. The van der Waals surface area contributed by atoms with Crippen LogP contribution in [0.5, 0.6) is 0 Å². The van der Waals surface area contributed by atoms with Gasteiger partial charge in [-0.2, -0.15) is 0 Å². The highest BCUT2D eigenvalue weighted by molar-refractivity contribution is 7.99. The van der Waals surface area contributed by atoms with E-state index in [1.165, 1.54) is 11.8 Å². The number of aliphatic hydroxyl groups excluding tert-OH is 1. The Kier molecular flexibility index (Phi) is 3.62. The first-order chi connectivity index (χ1) is 10.2. The van der Waals surface area contributed by atoms with Crippen molar-refractivity contribution in [2.75, 3.05) is 5.75 Å². The molecule has 0 spiro atoms. The molecular weight excluding hydrogens is 284 g/mol. The Morgan fingerprint density at radius 2 is 1.43 bits per heavy atom. The Morgan fingerprint density at radius 1 is 0.810 bits per heavy atom. The number of fused-ring (bicyclic) bond motifs is 1. The molecule has 0 radical (unpaired) electrons. The monoisotopic (exact) mass is 296 g/mol. The minimum atomic E-state index is -0.616. The summed E-state index contributed by atoms with van der Waals surface area (Å²) in [5.41, 5.74) is 0.881. The molecule has 0 atom stereocenters. The second-order valence-electron chi connectivity index (χ2n) is 4.63. The molecule has 2 aromatic carbocycles. The first-order valence-electron chi connectivity index (χ1n) is 6.47. The number of rotatable bonds is 3. The van der Waals surface area contributed by atoms with Gasteiger partial charge < -0.3 is 5.11 Å². The largest absolute Gasteiger partial charge is 0.507 e. The smallest absolute Gasteiger partial charge is 0.234 e. The summed E-state index contributed by atoms with van der Waals surface area (Å²) in [4.78, 5) is 25.2. The second-order valence-corrected chi connectivity index (χ2v) is 5.68. The van der Waals surface area contributed by atoms with E-state index in [9.17, 15) is 14.7 Å². The number of ketones is 2. The highest BCUT2D eigenvalue weighted by Crippen LogP contribution is 2.31. The van der Waals surface area contributed by atoms with Crippen molar-refractivity contribution < 1.29 is 14.7 Å². The van der Waals surface area contributed by atoms with Gasteiger partial charge in [0.15, 0.2) is 0 Å². The number of thioether (sulfide) groups is 1. The third kappa shape index (κ3) is 2.50. The van der Waals surface area contributed by atoms with E-state index in [0.717, 1.165) is 4.90 Å². The molecular formula is C17H12O3S. The molecule has 0 saturated carbocycles. The fraction of sp³-hybridized carbons (Fsp3) is 0.0588. The number of carbonyl (C=O) groups excluding carboxylic acids is 2. The Balaban J connectivity index is 1.94. The van der Waals surface area contributed by atoms with Crippen molar-refractivity contribution in [1.82, 2.24) is 0 Å². The van der Waals surface area contributed by atoms with Gasteiger partial charge in [0.1, 0.15) is 5.76 Å². The van der Waals surface area contributed by atoms with Crippen LogP contribution in [0, 0.1) is 0 Å². The van der Waals surface area contributed by atoms with Gasteiger partial charge in [0, 0.05) is 21.8 Å². The molecule has 0 bridgehead atoms. The summed E-state index contributed by atoms with van der Waals surface area (Å²) in [6.07, 6.45) is 0. The fourth-order valence-electron chi connectivity index (χ4n) is 2.22. The van der Waals surface area contributed by atoms with Gasteiger partial charge in [0.2, 0.25) is 11.6 Å². The molecule has 21 heavy (non-hydrogen) atoms. The summed E-state index contributed by atoms with van der Waals surface area (Å²) in [6.45, 7) is 0. The van der Waals surface area contributed by atoms with E-state index in [2.05, 4.69) is 0 Å². The van der Waals surface area contributed by atoms with Crippen LogP contribution in [0.3, 0.4) is 0 Å². The minimum Gasteiger partial charge on any atom is -0.507 e. The van der Waals surface area contributed by atoms with Crippen LogP contribution in [0.2, 0.25) is 0 Å². The Labute approximate surface area is 126 Å². The standard InChI is InChI=1S/C17H12O3S/c18-15-12-8-4-5-9-13(12)16(19)17(20)14(15)10-21-11-6-2-1-3-7-11/h1-9,18H,10H2. The molecule has 1 N–H and O–H groups in total. The van der Waals surface area contributed by atoms with Crippen LogP contribution in [-0.2, 0) is 4.79 Å². The molecule has 0 amide bonds. The summed E-state index contributed by atoms with van der Waals surface area (Å²) < 4.78 is 0. The number of aliphatic hydroxyl groups is 1. The highest BCUT2D eigenvalue weighted by Gasteiger charge is 2.32. The molecule has 0 fully saturated rings. The third-order valence-corrected chi connectivity index (χ3v) is 4.36. The second kappa shape index (κ2) is 5.58. The Bertz CT molecular complexity index is 748. The molecule has 0 heterocycles. The van der Waals surface area contributed by atoms with Gasteiger partial charge in [-0.05, 0) is 12.1 Å². The topological polar surface area (TPSA) is 54.4 Å². The number of benzene rings is 2. The van der Waals surface area contributed by atoms with Crippen LogP contribution in [-0.4, -0.2) is 22.4 Å². The van der Waals surface area contributed by atoms with Crippen molar-refractivity contribution in [1.29, 1.82) is 0 Å². The molecule has 4 heteroatoms. The summed E-state index contributed by atoms with van der Waals surface area (Å²) in [5.74, 6) is -0.977. The number of hydrogen-bond donors (Lipinski definition) is 1. The molecule has 3 rings (SSSR count). The van der Waals surface area contributed by atoms with Crippen LogP contribution in [0.4, 0.5) is 0 Å². The van der Waals surface area contributed by atoms with E-state index in [-0.39, 0.29) is 22.6 Å². The third-order valence-electron chi connectivity index (χ3n) is 3.32. The van der Waals surface area contributed by atoms with Crippen molar-refractivity contribution >= 4 is 29.1 Å². The summed E-state index contributed by atoms with van der Waals surface area (Å²) >= 11 is 1.42. The lowest BCUT2D eigenvalue weighted by Crippen LogP contribution is -2.25. The number of hydrogen-bond acceptors (Lipinski definition) is 4. The Morgan fingerprint density at radius 3 is 2.14 bits per heavy atom. The highest BCUT2D eigenvalue weighted by atomic mass is 32.2. The van der Waals surface area contributed by atoms with Gasteiger partial charge >= 0.3 is 0 Å². The first-order valence-corrected chi connectivity index (χ1v) is 7.45. The van der Waals surface area contributed by atoms with Gasteiger partial charge in [-0.1, -0.05) is 42.5 Å². The van der Waals surface area contributed by atoms with E-state index in [0.29, 0.717) is 5.56 Å². The lowest BCUT2D eigenvalue weighted by Gasteiger charge is -2.17. The van der Waals surface area contributed by atoms with Crippen LogP contribution in [0.25, 0.3) is 5.76 Å². The first kappa shape index (κ1) is 13.6. The maximum Gasteiger partial charge on any atom is 0.234 e. The molecule has 104 valence electrons. The van der Waals surface area contributed by atoms with Crippen LogP contribution in [0.1, 0.15) is 15.9 Å². The lowest BCUT2D eigenvalue weighted by molar-refractivity contribution is -0.111. The van der Waals surface area contributed by atoms with Crippen molar-refractivity contribution in [3.63, 3.8) is 0 Å². The lowest BCUT2D eigenvalue weighted by atomic mass is 9.89. The number of Topliss-reactive ketones (excluding diaryl/α,β-unsaturated/α-hetero) is 2. The van der Waals surface area contributed by atoms with Gasteiger partial charge in [-0.3, -0.25) is 9.59 Å². The number of carbonyl (C=O) groups is 2. The maximum absolute atomic E-state index is 12.1. The van der Waals surface area contributed by atoms with Gasteiger partial charge in [0.05, 0.1) is 5.57 Å². The predicted molar refractivity (Wildman–Crippen MR) is 82.5 cm³/mol. The van der Waals surface area contributed by atoms with E-state index >= 15 is 0 Å². The normalized spacial score (nSPS) is 14.3. The van der Waals surface area contributed by atoms with E-state index in [4.69, 9.17) is 0 Å². The zero-order chi connectivity index (χ0) is 14.8. The van der Waals surface area contributed by atoms with Crippen molar-refractivity contribution in [3.8, 4) is 0 Å².